The number of hydrogen-bond donors (Lipinski definition) is 2. The maximum atomic E-state index is 11.8. The second kappa shape index (κ2) is 4.12. The first-order chi connectivity index (χ1) is 7.08. The first kappa shape index (κ1) is 10.9. The minimum Gasteiger partial charge on any atom is -0.353 e. The van der Waals surface area contributed by atoms with E-state index < -0.39 is 0 Å². The molecule has 1 aliphatic carbocycles. The van der Waals surface area contributed by atoms with Crippen molar-refractivity contribution in [1.82, 2.24) is 10.6 Å². The standard InChI is InChI=1S/C12H22N2O/c1-12(2)5-3-4-10(12)14-11(15)6-9-7-13-8-9/h9-10,13H,3-8H2,1-2H3,(H,14,15). The van der Waals surface area contributed by atoms with Crippen LogP contribution in [-0.4, -0.2) is 25.0 Å². The summed E-state index contributed by atoms with van der Waals surface area (Å²) in [6.45, 7) is 6.55. The van der Waals surface area contributed by atoms with Gasteiger partial charge in [0.2, 0.25) is 5.91 Å². The summed E-state index contributed by atoms with van der Waals surface area (Å²) < 4.78 is 0. The molecule has 2 aliphatic rings. The summed E-state index contributed by atoms with van der Waals surface area (Å²) in [4.78, 5) is 11.8. The van der Waals surface area contributed by atoms with Crippen molar-refractivity contribution in [3.63, 3.8) is 0 Å². The second-order valence-electron chi connectivity index (χ2n) is 5.73. The van der Waals surface area contributed by atoms with E-state index in [0.29, 0.717) is 23.8 Å². The van der Waals surface area contributed by atoms with Crippen molar-refractivity contribution in [3.8, 4) is 0 Å². The third kappa shape index (κ3) is 2.51. The molecule has 1 aliphatic heterocycles. The highest BCUT2D eigenvalue weighted by molar-refractivity contribution is 5.76. The van der Waals surface area contributed by atoms with E-state index in [4.69, 9.17) is 0 Å². The predicted octanol–water partition coefficient (Wildman–Crippen LogP) is 1.29. The van der Waals surface area contributed by atoms with Crippen molar-refractivity contribution in [2.45, 2.75) is 45.6 Å². The molecule has 2 N–H and O–H groups in total. The maximum absolute atomic E-state index is 11.8. The van der Waals surface area contributed by atoms with E-state index in [1.165, 1.54) is 12.8 Å². The van der Waals surface area contributed by atoms with Gasteiger partial charge in [0.05, 0.1) is 0 Å². The Morgan fingerprint density at radius 1 is 1.47 bits per heavy atom. The van der Waals surface area contributed by atoms with Gasteiger partial charge in [-0.3, -0.25) is 4.79 Å². The lowest BCUT2D eigenvalue weighted by atomic mass is 9.87. The van der Waals surface area contributed by atoms with E-state index in [2.05, 4.69) is 24.5 Å². The minimum atomic E-state index is 0.251. The molecule has 1 amide bonds. The Balaban J connectivity index is 1.77. The molecular formula is C12H22N2O. The Hall–Kier alpha value is -0.570. The number of rotatable bonds is 3. The number of hydrogen-bond acceptors (Lipinski definition) is 2. The third-order valence-corrected chi connectivity index (χ3v) is 3.93. The molecule has 1 unspecified atom stereocenters. The van der Waals surface area contributed by atoms with E-state index in [9.17, 15) is 4.79 Å². The Morgan fingerprint density at radius 2 is 2.20 bits per heavy atom. The fraction of sp³-hybridized carbons (Fsp3) is 0.917. The van der Waals surface area contributed by atoms with Crippen molar-refractivity contribution < 1.29 is 4.79 Å². The van der Waals surface area contributed by atoms with Gasteiger partial charge in [-0.25, -0.2) is 0 Å². The Labute approximate surface area is 92.0 Å². The van der Waals surface area contributed by atoms with Gasteiger partial charge in [0.1, 0.15) is 0 Å². The van der Waals surface area contributed by atoms with Crippen LogP contribution in [0.25, 0.3) is 0 Å². The van der Waals surface area contributed by atoms with Crippen LogP contribution in [0.4, 0.5) is 0 Å². The lowest BCUT2D eigenvalue weighted by Gasteiger charge is -2.30. The van der Waals surface area contributed by atoms with E-state index >= 15 is 0 Å². The van der Waals surface area contributed by atoms with Crippen LogP contribution < -0.4 is 10.6 Å². The van der Waals surface area contributed by atoms with E-state index in [-0.39, 0.29) is 5.91 Å². The van der Waals surface area contributed by atoms with E-state index in [0.717, 1.165) is 19.5 Å². The highest BCUT2D eigenvalue weighted by Gasteiger charge is 2.35. The molecule has 1 atom stereocenters. The molecule has 2 fully saturated rings. The van der Waals surface area contributed by atoms with Crippen LogP contribution in [0.2, 0.25) is 0 Å². The first-order valence-corrected chi connectivity index (χ1v) is 6.08. The zero-order chi connectivity index (χ0) is 10.9. The van der Waals surface area contributed by atoms with Gasteiger partial charge in [-0.2, -0.15) is 0 Å². The molecule has 1 heterocycles. The monoisotopic (exact) mass is 210 g/mol. The summed E-state index contributed by atoms with van der Waals surface area (Å²) in [5, 5.41) is 6.40. The summed E-state index contributed by atoms with van der Waals surface area (Å²) >= 11 is 0. The highest BCUT2D eigenvalue weighted by atomic mass is 16.1. The van der Waals surface area contributed by atoms with Crippen LogP contribution in [0.1, 0.15) is 39.5 Å². The first-order valence-electron chi connectivity index (χ1n) is 6.08. The Morgan fingerprint density at radius 3 is 2.67 bits per heavy atom. The number of carbonyl (C=O) groups excluding carboxylic acids is 1. The van der Waals surface area contributed by atoms with Gasteiger partial charge >= 0.3 is 0 Å². The smallest absolute Gasteiger partial charge is 0.220 e. The SMILES string of the molecule is CC1(C)CCCC1NC(=O)CC1CNC1. The topological polar surface area (TPSA) is 41.1 Å². The lowest BCUT2D eigenvalue weighted by molar-refractivity contribution is -0.123. The molecule has 3 nitrogen and oxygen atoms in total. The van der Waals surface area contributed by atoms with Crippen LogP contribution in [0.15, 0.2) is 0 Å². The number of amides is 1. The fourth-order valence-electron chi connectivity index (χ4n) is 2.60. The van der Waals surface area contributed by atoms with Gasteiger partial charge in [0, 0.05) is 12.5 Å². The zero-order valence-corrected chi connectivity index (χ0v) is 9.81. The average molecular weight is 210 g/mol. The summed E-state index contributed by atoms with van der Waals surface area (Å²) in [6, 6.07) is 0.401. The normalized spacial score (nSPS) is 29.9. The van der Waals surface area contributed by atoms with Gasteiger partial charge in [-0.05, 0) is 37.3 Å². The van der Waals surface area contributed by atoms with Crippen molar-refractivity contribution in [2.75, 3.05) is 13.1 Å². The van der Waals surface area contributed by atoms with Crippen LogP contribution >= 0.6 is 0 Å². The van der Waals surface area contributed by atoms with Crippen molar-refractivity contribution >= 4 is 5.91 Å². The van der Waals surface area contributed by atoms with Crippen LogP contribution in [0, 0.1) is 11.3 Å². The van der Waals surface area contributed by atoms with E-state index in [1.54, 1.807) is 0 Å². The van der Waals surface area contributed by atoms with Crippen LogP contribution in [-0.2, 0) is 4.79 Å². The quantitative estimate of drug-likeness (QED) is 0.737. The molecular weight excluding hydrogens is 188 g/mol. The molecule has 0 aromatic rings. The Kier molecular flexibility index (Phi) is 3.01. The summed E-state index contributed by atoms with van der Waals surface area (Å²) in [6.07, 6.45) is 4.35. The molecule has 1 saturated carbocycles. The zero-order valence-electron chi connectivity index (χ0n) is 9.81. The van der Waals surface area contributed by atoms with Gasteiger partial charge in [0.25, 0.3) is 0 Å². The lowest BCUT2D eigenvalue weighted by Crippen LogP contribution is -2.47. The molecule has 1 saturated heterocycles. The fourth-order valence-corrected chi connectivity index (χ4v) is 2.60. The summed E-state index contributed by atoms with van der Waals surface area (Å²) in [5.41, 5.74) is 0.299. The highest BCUT2D eigenvalue weighted by Crippen LogP contribution is 2.37. The Bertz CT molecular complexity index is 246. The molecule has 2 rings (SSSR count). The summed E-state index contributed by atoms with van der Waals surface area (Å²) in [7, 11) is 0. The average Bonchev–Trinajstić information content (AvgIpc) is 2.39. The second-order valence-corrected chi connectivity index (χ2v) is 5.73. The number of carbonyl (C=O) groups is 1. The predicted molar refractivity (Wildman–Crippen MR) is 60.5 cm³/mol. The molecule has 0 radical (unpaired) electrons. The van der Waals surface area contributed by atoms with Crippen molar-refractivity contribution in [2.24, 2.45) is 11.3 Å². The molecule has 3 heteroatoms. The van der Waals surface area contributed by atoms with E-state index in [1.807, 2.05) is 0 Å². The minimum absolute atomic E-state index is 0.251. The largest absolute Gasteiger partial charge is 0.353 e. The molecule has 0 bridgehead atoms. The van der Waals surface area contributed by atoms with Crippen LogP contribution in [0.3, 0.4) is 0 Å². The molecule has 15 heavy (non-hydrogen) atoms. The van der Waals surface area contributed by atoms with Gasteiger partial charge < -0.3 is 10.6 Å². The van der Waals surface area contributed by atoms with Crippen molar-refractivity contribution in [1.29, 1.82) is 0 Å². The van der Waals surface area contributed by atoms with Gasteiger partial charge in [0.15, 0.2) is 0 Å². The van der Waals surface area contributed by atoms with Gasteiger partial charge in [-0.1, -0.05) is 20.3 Å². The molecule has 0 spiro atoms. The number of nitrogens with one attached hydrogen (secondary N) is 2. The third-order valence-electron chi connectivity index (χ3n) is 3.93. The maximum Gasteiger partial charge on any atom is 0.220 e. The summed E-state index contributed by atoms with van der Waals surface area (Å²) in [5.74, 6) is 0.830. The molecule has 0 aromatic carbocycles. The van der Waals surface area contributed by atoms with Crippen LogP contribution in [0.5, 0.6) is 0 Å². The van der Waals surface area contributed by atoms with Crippen molar-refractivity contribution in [3.05, 3.63) is 0 Å². The molecule has 0 aromatic heterocycles. The molecule has 86 valence electrons. The van der Waals surface area contributed by atoms with Gasteiger partial charge in [-0.15, -0.1) is 0 Å².